The number of halogens is 1. The molecule has 1 aliphatic carbocycles. The SMILES string of the molecule is O=C(NCCBr)NC1CCCCC1. The molecule has 0 heterocycles. The number of nitrogens with one attached hydrogen (secondary N) is 2. The monoisotopic (exact) mass is 248 g/mol. The molecule has 0 aromatic rings. The van der Waals surface area contributed by atoms with Gasteiger partial charge in [0.15, 0.2) is 0 Å². The minimum Gasteiger partial charge on any atom is -0.337 e. The maximum Gasteiger partial charge on any atom is 0.315 e. The fraction of sp³-hybridized carbons (Fsp3) is 0.889. The normalized spacial score (nSPS) is 18.2. The summed E-state index contributed by atoms with van der Waals surface area (Å²) in [5.74, 6) is 0. The summed E-state index contributed by atoms with van der Waals surface area (Å²) in [6.45, 7) is 0.693. The number of hydrogen-bond acceptors (Lipinski definition) is 1. The van der Waals surface area contributed by atoms with Gasteiger partial charge in [-0.25, -0.2) is 4.79 Å². The third-order valence-corrected chi connectivity index (χ3v) is 2.72. The van der Waals surface area contributed by atoms with Crippen LogP contribution in [0.2, 0.25) is 0 Å². The third-order valence-electron chi connectivity index (χ3n) is 2.32. The molecule has 1 aliphatic rings. The summed E-state index contributed by atoms with van der Waals surface area (Å²) in [5.41, 5.74) is 0. The van der Waals surface area contributed by atoms with Gasteiger partial charge in [0.25, 0.3) is 0 Å². The molecule has 2 amide bonds. The van der Waals surface area contributed by atoms with E-state index in [-0.39, 0.29) is 6.03 Å². The quantitative estimate of drug-likeness (QED) is 0.738. The molecule has 4 heteroatoms. The second-order valence-electron chi connectivity index (χ2n) is 3.42. The van der Waals surface area contributed by atoms with E-state index in [2.05, 4.69) is 26.6 Å². The summed E-state index contributed by atoms with van der Waals surface area (Å²) in [4.78, 5) is 11.2. The lowest BCUT2D eigenvalue weighted by Crippen LogP contribution is -2.43. The molecule has 0 saturated heterocycles. The fourth-order valence-electron chi connectivity index (χ4n) is 1.64. The average molecular weight is 249 g/mol. The van der Waals surface area contributed by atoms with Gasteiger partial charge in [-0.3, -0.25) is 0 Å². The number of amides is 2. The fourth-order valence-corrected chi connectivity index (χ4v) is 1.84. The summed E-state index contributed by atoms with van der Waals surface area (Å²) in [6, 6.07) is 0.385. The van der Waals surface area contributed by atoms with Crippen LogP contribution in [0.3, 0.4) is 0 Å². The van der Waals surface area contributed by atoms with Gasteiger partial charge in [0.2, 0.25) is 0 Å². The van der Waals surface area contributed by atoms with Crippen LogP contribution in [-0.4, -0.2) is 23.9 Å². The van der Waals surface area contributed by atoms with E-state index in [9.17, 15) is 4.79 Å². The van der Waals surface area contributed by atoms with Gasteiger partial charge >= 0.3 is 6.03 Å². The summed E-state index contributed by atoms with van der Waals surface area (Å²) in [7, 11) is 0. The molecule has 1 fully saturated rings. The minimum absolute atomic E-state index is 0.0219. The van der Waals surface area contributed by atoms with Crippen molar-refractivity contribution in [1.29, 1.82) is 0 Å². The van der Waals surface area contributed by atoms with Crippen LogP contribution in [0.25, 0.3) is 0 Å². The standard InChI is InChI=1S/C9H17BrN2O/c10-6-7-11-9(13)12-8-4-2-1-3-5-8/h8H,1-7H2,(H2,11,12,13). The summed E-state index contributed by atoms with van der Waals surface area (Å²) >= 11 is 3.26. The van der Waals surface area contributed by atoms with Crippen molar-refractivity contribution in [3.05, 3.63) is 0 Å². The number of hydrogen-bond donors (Lipinski definition) is 2. The highest BCUT2D eigenvalue weighted by Gasteiger charge is 2.14. The molecule has 0 bridgehead atoms. The number of urea groups is 1. The second kappa shape index (κ2) is 6.24. The van der Waals surface area contributed by atoms with Crippen LogP contribution in [0.15, 0.2) is 0 Å². The van der Waals surface area contributed by atoms with Crippen molar-refractivity contribution in [3.63, 3.8) is 0 Å². The maximum atomic E-state index is 11.2. The van der Waals surface area contributed by atoms with Gasteiger partial charge in [-0.2, -0.15) is 0 Å². The molecule has 0 aliphatic heterocycles. The lowest BCUT2D eigenvalue weighted by molar-refractivity contribution is 0.233. The molecule has 76 valence electrons. The Bertz CT molecular complexity index is 158. The van der Waals surface area contributed by atoms with Crippen molar-refractivity contribution in [2.24, 2.45) is 0 Å². The van der Waals surface area contributed by atoms with Gasteiger partial charge in [-0.15, -0.1) is 0 Å². The lowest BCUT2D eigenvalue weighted by atomic mass is 9.96. The Hall–Kier alpha value is -0.250. The molecule has 2 N–H and O–H groups in total. The zero-order valence-electron chi connectivity index (χ0n) is 7.81. The Morgan fingerprint density at radius 1 is 1.31 bits per heavy atom. The van der Waals surface area contributed by atoms with E-state index < -0.39 is 0 Å². The third kappa shape index (κ3) is 4.50. The van der Waals surface area contributed by atoms with E-state index >= 15 is 0 Å². The average Bonchev–Trinajstić information content (AvgIpc) is 2.16. The Balaban J connectivity index is 2.11. The van der Waals surface area contributed by atoms with Gasteiger partial charge in [0, 0.05) is 17.9 Å². The smallest absolute Gasteiger partial charge is 0.315 e. The van der Waals surface area contributed by atoms with Gasteiger partial charge in [-0.05, 0) is 12.8 Å². The Labute approximate surface area is 87.8 Å². The van der Waals surface area contributed by atoms with Crippen LogP contribution < -0.4 is 10.6 Å². The zero-order chi connectivity index (χ0) is 9.52. The highest BCUT2D eigenvalue weighted by molar-refractivity contribution is 9.09. The first-order valence-electron chi connectivity index (χ1n) is 4.93. The predicted octanol–water partition coefficient (Wildman–Crippen LogP) is 2.01. The molecule has 1 rings (SSSR count). The first-order valence-corrected chi connectivity index (χ1v) is 6.05. The topological polar surface area (TPSA) is 41.1 Å². The van der Waals surface area contributed by atoms with Crippen molar-refractivity contribution < 1.29 is 4.79 Å². The lowest BCUT2D eigenvalue weighted by Gasteiger charge is -2.22. The number of carbonyl (C=O) groups excluding carboxylic acids is 1. The molecule has 0 atom stereocenters. The number of alkyl halides is 1. The molecule has 3 nitrogen and oxygen atoms in total. The molecule has 0 aromatic carbocycles. The van der Waals surface area contributed by atoms with Gasteiger partial charge in [0.05, 0.1) is 0 Å². The van der Waals surface area contributed by atoms with Gasteiger partial charge in [0.1, 0.15) is 0 Å². The van der Waals surface area contributed by atoms with Crippen LogP contribution >= 0.6 is 15.9 Å². The first kappa shape index (κ1) is 10.8. The maximum absolute atomic E-state index is 11.2. The van der Waals surface area contributed by atoms with Crippen LogP contribution in [-0.2, 0) is 0 Å². The molecule has 0 aromatic heterocycles. The Morgan fingerprint density at radius 3 is 2.62 bits per heavy atom. The van der Waals surface area contributed by atoms with Crippen molar-refractivity contribution in [2.45, 2.75) is 38.1 Å². The van der Waals surface area contributed by atoms with Crippen LogP contribution in [0.4, 0.5) is 4.79 Å². The molecule has 0 radical (unpaired) electrons. The van der Waals surface area contributed by atoms with Gasteiger partial charge < -0.3 is 10.6 Å². The van der Waals surface area contributed by atoms with Crippen molar-refractivity contribution in [3.8, 4) is 0 Å². The van der Waals surface area contributed by atoms with E-state index in [1.165, 1.54) is 19.3 Å². The molecule has 1 saturated carbocycles. The van der Waals surface area contributed by atoms with Crippen molar-refractivity contribution in [1.82, 2.24) is 10.6 Å². The summed E-state index contributed by atoms with van der Waals surface area (Å²) in [6.07, 6.45) is 6.11. The first-order chi connectivity index (χ1) is 6.33. The number of carbonyl (C=O) groups is 1. The molecular formula is C9H17BrN2O. The Kier molecular flexibility index (Phi) is 5.20. The van der Waals surface area contributed by atoms with E-state index in [1.54, 1.807) is 0 Å². The minimum atomic E-state index is -0.0219. The molecule has 13 heavy (non-hydrogen) atoms. The second-order valence-corrected chi connectivity index (χ2v) is 4.22. The van der Waals surface area contributed by atoms with Crippen LogP contribution in [0.1, 0.15) is 32.1 Å². The molecule has 0 spiro atoms. The van der Waals surface area contributed by atoms with Crippen LogP contribution in [0, 0.1) is 0 Å². The highest BCUT2D eigenvalue weighted by Crippen LogP contribution is 2.16. The van der Waals surface area contributed by atoms with E-state index in [1.807, 2.05) is 0 Å². The molecular weight excluding hydrogens is 232 g/mol. The summed E-state index contributed by atoms with van der Waals surface area (Å²) in [5, 5.41) is 6.58. The zero-order valence-corrected chi connectivity index (χ0v) is 9.40. The predicted molar refractivity (Wildman–Crippen MR) is 57.2 cm³/mol. The summed E-state index contributed by atoms with van der Waals surface area (Å²) < 4.78 is 0. The number of rotatable bonds is 3. The van der Waals surface area contributed by atoms with Crippen molar-refractivity contribution in [2.75, 3.05) is 11.9 Å². The van der Waals surface area contributed by atoms with E-state index in [0.717, 1.165) is 18.2 Å². The van der Waals surface area contributed by atoms with E-state index in [0.29, 0.717) is 12.6 Å². The molecule has 0 unspecified atom stereocenters. The van der Waals surface area contributed by atoms with Gasteiger partial charge in [-0.1, -0.05) is 35.2 Å². The van der Waals surface area contributed by atoms with Crippen LogP contribution in [0.5, 0.6) is 0 Å². The largest absolute Gasteiger partial charge is 0.337 e. The van der Waals surface area contributed by atoms with Crippen molar-refractivity contribution >= 4 is 22.0 Å². The highest BCUT2D eigenvalue weighted by atomic mass is 79.9. The van der Waals surface area contributed by atoms with E-state index in [4.69, 9.17) is 0 Å². The Morgan fingerprint density at radius 2 is 2.00 bits per heavy atom.